The zero-order valence-electron chi connectivity index (χ0n) is 14.0. The molecule has 0 aromatic heterocycles. The van der Waals surface area contributed by atoms with E-state index >= 15 is 0 Å². The van der Waals surface area contributed by atoms with E-state index in [1.165, 1.54) is 17.7 Å². The van der Waals surface area contributed by atoms with E-state index < -0.39 is 0 Å². The molecule has 2 aliphatic heterocycles. The van der Waals surface area contributed by atoms with Crippen LogP contribution >= 0.6 is 0 Å². The van der Waals surface area contributed by atoms with Crippen LogP contribution in [0, 0.1) is 5.92 Å². The van der Waals surface area contributed by atoms with E-state index in [1.807, 2.05) is 36.1 Å². The van der Waals surface area contributed by atoms with Crippen molar-refractivity contribution in [2.75, 3.05) is 29.9 Å². The first-order valence-electron chi connectivity index (χ1n) is 8.59. The minimum atomic E-state index is -0.116. The Kier molecular flexibility index (Phi) is 4.66. The molecule has 1 fully saturated rings. The van der Waals surface area contributed by atoms with Gasteiger partial charge in [0.2, 0.25) is 5.91 Å². The van der Waals surface area contributed by atoms with Crippen LogP contribution < -0.4 is 15.1 Å². The number of hydrogen-bond acceptors (Lipinski definition) is 2. The average Bonchev–Trinajstić information content (AvgIpc) is 2.63. The second-order valence-electron chi connectivity index (χ2n) is 6.99. The number of hydrogen-bond donors (Lipinski definition) is 2. The van der Waals surface area contributed by atoms with Gasteiger partial charge in [-0.25, -0.2) is 0 Å². The number of piperidine rings is 1. The van der Waals surface area contributed by atoms with Gasteiger partial charge in [-0.05, 0) is 37.8 Å². The molecule has 2 N–H and O–H groups in total. The summed E-state index contributed by atoms with van der Waals surface area (Å²) in [6.07, 6.45) is 2.72. The van der Waals surface area contributed by atoms with E-state index in [4.69, 9.17) is 0 Å². The number of carbonyl (C=O) groups excluding carboxylic acids is 2. The maximum Gasteiger partial charge on any atom is 0.282 e. The Hall–Kier alpha value is -1.88. The Morgan fingerprint density at radius 1 is 1.26 bits per heavy atom. The summed E-state index contributed by atoms with van der Waals surface area (Å²) in [7, 11) is 0. The summed E-state index contributed by atoms with van der Waals surface area (Å²) >= 11 is 0. The Bertz CT molecular complexity index is 594. The first kappa shape index (κ1) is 16.0. The predicted octanol–water partition coefficient (Wildman–Crippen LogP) is 1.07. The maximum atomic E-state index is 12.9. The summed E-state index contributed by atoms with van der Waals surface area (Å²) in [4.78, 5) is 28.1. The molecule has 0 saturated carbocycles. The number of nitrogens with zero attached hydrogens (tertiary/aromatic N) is 1. The molecule has 1 aromatic carbocycles. The summed E-state index contributed by atoms with van der Waals surface area (Å²) in [6, 6.07) is 7.46. The zero-order chi connectivity index (χ0) is 16.4. The lowest BCUT2D eigenvalue weighted by atomic mass is 9.99. The molecule has 124 valence electrons. The number of nitrogens with one attached hydrogen (secondary N) is 2. The molecule has 3 rings (SSSR count). The lowest BCUT2D eigenvalue weighted by Gasteiger charge is -2.31. The summed E-state index contributed by atoms with van der Waals surface area (Å²) < 4.78 is 0. The number of quaternary nitrogens is 1. The standard InChI is InChI=1S/C18H25N3O2/c1-13-7-9-20(10-8-13)12-18(23)21-14(2)11-17(22)19-15-5-3-4-6-16(15)21/h3-6,13-14H,7-12H2,1-2H3,(H,19,22)/p+1/t14-/m0/s1. The highest BCUT2D eigenvalue weighted by molar-refractivity contribution is 6.04. The van der Waals surface area contributed by atoms with Crippen molar-refractivity contribution in [2.45, 2.75) is 39.2 Å². The van der Waals surface area contributed by atoms with E-state index in [9.17, 15) is 9.59 Å². The molecule has 2 aliphatic rings. The van der Waals surface area contributed by atoms with Crippen molar-refractivity contribution in [3.63, 3.8) is 0 Å². The highest BCUT2D eigenvalue weighted by Crippen LogP contribution is 2.31. The highest BCUT2D eigenvalue weighted by Gasteiger charge is 2.32. The molecular weight excluding hydrogens is 290 g/mol. The predicted molar refractivity (Wildman–Crippen MR) is 90.6 cm³/mol. The fourth-order valence-corrected chi connectivity index (χ4v) is 3.61. The van der Waals surface area contributed by atoms with Gasteiger partial charge in [-0.1, -0.05) is 19.1 Å². The van der Waals surface area contributed by atoms with E-state index in [1.54, 1.807) is 0 Å². The lowest BCUT2D eigenvalue weighted by Crippen LogP contribution is -3.14. The van der Waals surface area contributed by atoms with Crippen molar-refractivity contribution in [2.24, 2.45) is 5.92 Å². The maximum absolute atomic E-state index is 12.9. The molecule has 1 saturated heterocycles. The fraction of sp³-hybridized carbons (Fsp3) is 0.556. The molecule has 0 unspecified atom stereocenters. The largest absolute Gasteiger partial charge is 0.327 e. The molecule has 2 heterocycles. The van der Waals surface area contributed by atoms with Crippen molar-refractivity contribution in [3.8, 4) is 0 Å². The van der Waals surface area contributed by atoms with Crippen LogP contribution in [0.2, 0.25) is 0 Å². The number of likely N-dealkylation sites (tertiary alicyclic amines) is 1. The van der Waals surface area contributed by atoms with E-state index in [-0.39, 0.29) is 17.9 Å². The van der Waals surface area contributed by atoms with E-state index in [2.05, 4.69) is 12.2 Å². The van der Waals surface area contributed by atoms with Gasteiger partial charge in [-0.15, -0.1) is 0 Å². The van der Waals surface area contributed by atoms with Crippen molar-refractivity contribution in [3.05, 3.63) is 24.3 Å². The molecule has 5 nitrogen and oxygen atoms in total. The van der Waals surface area contributed by atoms with Crippen molar-refractivity contribution in [1.29, 1.82) is 0 Å². The van der Waals surface area contributed by atoms with Crippen LogP contribution in [0.4, 0.5) is 11.4 Å². The smallest absolute Gasteiger partial charge is 0.282 e. The molecule has 2 amide bonds. The zero-order valence-corrected chi connectivity index (χ0v) is 14.0. The second kappa shape index (κ2) is 6.71. The molecule has 0 spiro atoms. The van der Waals surface area contributed by atoms with E-state index in [0.29, 0.717) is 13.0 Å². The highest BCUT2D eigenvalue weighted by atomic mass is 16.2. The van der Waals surface area contributed by atoms with Gasteiger partial charge < -0.3 is 15.1 Å². The van der Waals surface area contributed by atoms with Gasteiger partial charge in [-0.3, -0.25) is 9.59 Å². The topological polar surface area (TPSA) is 53.9 Å². The molecule has 0 bridgehead atoms. The lowest BCUT2D eigenvalue weighted by molar-refractivity contribution is -0.898. The van der Waals surface area contributed by atoms with Crippen LogP contribution in [0.5, 0.6) is 0 Å². The third-order valence-electron chi connectivity index (χ3n) is 5.01. The van der Waals surface area contributed by atoms with E-state index in [0.717, 1.165) is 30.4 Å². The molecule has 0 aliphatic carbocycles. The van der Waals surface area contributed by atoms with Crippen molar-refractivity contribution in [1.82, 2.24) is 0 Å². The van der Waals surface area contributed by atoms with Crippen molar-refractivity contribution >= 4 is 23.2 Å². The molecule has 0 radical (unpaired) electrons. The van der Waals surface area contributed by atoms with Gasteiger partial charge in [0.1, 0.15) is 0 Å². The third kappa shape index (κ3) is 3.55. The van der Waals surface area contributed by atoms with Gasteiger partial charge in [-0.2, -0.15) is 0 Å². The molecule has 1 atom stereocenters. The minimum absolute atomic E-state index is 0.0283. The minimum Gasteiger partial charge on any atom is -0.327 e. The molecule has 1 aromatic rings. The monoisotopic (exact) mass is 316 g/mol. The van der Waals surface area contributed by atoms with Gasteiger partial charge in [0, 0.05) is 12.5 Å². The van der Waals surface area contributed by atoms with Crippen LogP contribution in [-0.2, 0) is 9.59 Å². The number of para-hydroxylation sites is 2. The summed E-state index contributed by atoms with van der Waals surface area (Å²) in [5.74, 6) is 0.860. The van der Waals surface area contributed by atoms with Gasteiger partial charge in [0.05, 0.1) is 24.5 Å². The quantitative estimate of drug-likeness (QED) is 0.857. The first-order chi connectivity index (χ1) is 11.0. The number of rotatable bonds is 2. The summed E-state index contributed by atoms with van der Waals surface area (Å²) in [5, 5.41) is 2.91. The van der Waals surface area contributed by atoms with Gasteiger partial charge in [0.25, 0.3) is 5.91 Å². The molecule has 23 heavy (non-hydrogen) atoms. The van der Waals surface area contributed by atoms with Crippen LogP contribution in [-0.4, -0.2) is 37.5 Å². The average molecular weight is 316 g/mol. The second-order valence-corrected chi connectivity index (χ2v) is 6.99. The van der Waals surface area contributed by atoms with Crippen molar-refractivity contribution < 1.29 is 14.5 Å². The van der Waals surface area contributed by atoms with Gasteiger partial charge in [0.15, 0.2) is 6.54 Å². The normalized spacial score (nSPS) is 27.8. The number of fused-ring (bicyclic) bond motifs is 1. The third-order valence-corrected chi connectivity index (χ3v) is 5.01. The Labute approximate surface area is 137 Å². The summed E-state index contributed by atoms with van der Waals surface area (Å²) in [5.41, 5.74) is 1.55. The van der Waals surface area contributed by atoms with Crippen LogP contribution in [0.1, 0.15) is 33.1 Å². The Morgan fingerprint density at radius 3 is 2.70 bits per heavy atom. The molecule has 5 heteroatoms. The van der Waals surface area contributed by atoms with Crippen LogP contribution in [0.25, 0.3) is 0 Å². The van der Waals surface area contributed by atoms with Crippen LogP contribution in [0.3, 0.4) is 0 Å². The number of carbonyl (C=O) groups is 2. The SMILES string of the molecule is CC1CC[NH+](CC(=O)N2c3ccccc3NC(=O)C[C@@H]2C)CC1. The molecular formula is C18H26N3O2+. The number of anilines is 2. The first-order valence-corrected chi connectivity index (χ1v) is 8.59. The summed E-state index contributed by atoms with van der Waals surface area (Å²) in [6.45, 7) is 6.87. The Morgan fingerprint density at radius 2 is 1.96 bits per heavy atom. The number of benzene rings is 1. The Balaban J connectivity index is 1.79. The van der Waals surface area contributed by atoms with Gasteiger partial charge >= 0.3 is 0 Å². The fourth-order valence-electron chi connectivity index (χ4n) is 3.61. The number of amides is 2. The van der Waals surface area contributed by atoms with Crippen LogP contribution in [0.15, 0.2) is 24.3 Å².